The van der Waals surface area contributed by atoms with Crippen LogP contribution < -0.4 is 5.73 Å². The zero-order valence-electron chi connectivity index (χ0n) is 7.95. The molecule has 1 rings (SSSR count). The summed E-state index contributed by atoms with van der Waals surface area (Å²) in [5.74, 6) is 0.0831. The van der Waals surface area contributed by atoms with Gasteiger partial charge >= 0.3 is 0 Å². The van der Waals surface area contributed by atoms with Crippen LogP contribution >= 0.6 is 12.2 Å². The van der Waals surface area contributed by atoms with Crippen LogP contribution in [0.4, 0.5) is 0 Å². The van der Waals surface area contributed by atoms with E-state index in [0.717, 1.165) is 12.8 Å². The molecule has 0 aromatic heterocycles. The van der Waals surface area contributed by atoms with Crippen LogP contribution in [0, 0.1) is 0 Å². The fourth-order valence-corrected chi connectivity index (χ4v) is 2.02. The third-order valence-electron chi connectivity index (χ3n) is 2.50. The predicted octanol–water partition coefficient (Wildman–Crippen LogP) is 1.06. The molecule has 0 aromatic rings. The van der Waals surface area contributed by atoms with Crippen molar-refractivity contribution in [1.29, 1.82) is 0 Å². The van der Waals surface area contributed by atoms with E-state index in [9.17, 15) is 4.79 Å². The molecule has 1 amide bonds. The van der Waals surface area contributed by atoms with Gasteiger partial charge in [0.25, 0.3) is 0 Å². The topological polar surface area (TPSA) is 46.3 Å². The first-order valence-corrected chi connectivity index (χ1v) is 5.07. The summed E-state index contributed by atoms with van der Waals surface area (Å²) < 4.78 is 0. The summed E-state index contributed by atoms with van der Waals surface area (Å²) in [5, 5.41) is 0. The number of nitrogens with two attached hydrogens (primary N) is 1. The first kappa shape index (κ1) is 10.4. The molecule has 74 valence electrons. The van der Waals surface area contributed by atoms with Crippen LogP contribution in [-0.2, 0) is 4.79 Å². The SMILES string of the molecule is CC(=O)N(CC(N)=S)C1CCCC1. The van der Waals surface area contributed by atoms with E-state index in [4.69, 9.17) is 18.0 Å². The molecule has 0 aromatic carbocycles. The maximum atomic E-state index is 11.3. The third-order valence-corrected chi connectivity index (χ3v) is 2.63. The van der Waals surface area contributed by atoms with E-state index in [2.05, 4.69) is 0 Å². The summed E-state index contributed by atoms with van der Waals surface area (Å²) in [5.41, 5.74) is 5.44. The second kappa shape index (κ2) is 4.56. The highest BCUT2D eigenvalue weighted by molar-refractivity contribution is 7.80. The monoisotopic (exact) mass is 200 g/mol. The van der Waals surface area contributed by atoms with Gasteiger partial charge in [-0.25, -0.2) is 0 Å². The Hall–Kier alpha value is -0.640. The number of nitrogens with zero attached hydrogens (tertiary/aromatic N) is 1. The Morgan fingerprint density at radius 1 is 1.54 bits per heavy atom. The van der Waals surface area contributed by atoms with Gasteiger partial charge in [-0.05, 0) is 12.8 Å². The minimum Gasteiger partial charge on any atom is -0.392 e. The van der Waals surface area contributed by atoms with Crippen LogP contribution in [0.2, 0.25) is 0 Å². The number of amides is 1. The molecule has 1 fully saturated rings. The van der Waals surface area contributed by atoms with Gasteiger partial charge in [-0.2, -0.15) is 0 Å². The van der Waals surface area contributed by atoms with E-state index in [0.29, 0.717) is 17.6 Å². The Morgan fingerprint density at radius 2 is 2.08 bits per heavy atom. The average molecular weight is 200 g/mol. The lowest BCUT2D eigenvalue weighted by Crippen LogP contribution is -2.42. The Kier molecular flexibility index (Phi) is 3.66. The van der Waals surface area contributed by atoms with E-state index in [1.54, 1.807) is 11.8 Å². The number of rotatable bonds is 3. The molecule has 1 aliphatic rings. The van der Waals surface area contributed by atoms with Crippen LogP contribution in [0.5, 0.6) is 0 Å². The third kappa shape index (κ3) is 2.95. The van der Waals surface area contributed by atoms with E-state index in [1.165, 1.54) is 12.8 Å². The molecule has 4 heteroatoms. The van der Waals surface area contributed by atoms with Crippen molar-refractivity contribution in [3.63, 3.8) is 0 Å². The van der Waals surface area contributed by atoms with Gasteiger partial charge < -0.3 is 10.6 Å². The lowest BCUT2D eigenvalue weighted by Gasteiger charge is -2.27. The molecule has 0 heterocycles. The van der Waals surface area contributed by atoms with Crippen LogP contribution in [0.3, 0.4) is 0 Å². The van der Waals surface area contributed by atoms with Gasteiger partial charge in [0.15, 0.2) is 0 Å². The van der Waals surface area contributed by atoms with Gasteiger partial charge in [-0.3, -0.25) is 4.79 Å². The number of carbonyl (C=O) groups is 1. The first-order chi connectivity index (χ1) is 6.11. The molecule has 0 atom stereocenters. The van der Waals surface area contributed by atoms with Crippen molar-refractivity contribution in [1.82, 2.24) is 4.90 Å². The maximum Gasteiger partial charge on any atom is 0.220 e. The summed E-state index contributed by atoms with van der Waals surface area (Å²) in [6, 6.07) is 0.374. The molecule has 2 N–H and O–H groups in total. The molecule has 0 spiro atoms. The van der Waals surface area contributed by atoms with E-state index in [-0.39, 0.29) is 5.91 Å². The summed E-state index contributed by atoms with van der Waals surface area (Å²) in [6.07, 6.45) is 4.63. The maximum absolute atomic E-state index is 11.3. The zero-order chi connectivity index (χ0) is 9.84. The number of hydrogen-bond acceptors (Lipinski definition) is 2. The van der Waals surface area contributed by atoms with Crippen molar-refractivity contribution < 1.29 is 4.79 Å². The van der Waals surface area contributed by atoms with Crippen LogP contribution in [0.1, 0.15) is 32.6 Å². The van der Waals surface area contributed by atoms with Crippen molar-refractivity contribution in [3.8, 4) is 0 Å². The summed E-state index contributed by atoms with van der Waals surface area (Å²) in [6.45, 7) is 2.02. The lowest BCUT2D eigenvalue weighted by molar-refractivity contribution is -0.130. The molecule has 0 bridgehead atoms. The van der Waals surface area contributed by atoms with Crippen LogP contribution in [0.25, 0.3) is 0 Å². The fraction of sp³-hybridized carbons (Fsp3) is 0.778. The van der Waals surface area contributed by atoms with Crippen LogP contribution in [0.15, 0.2) is 0 Å². The molecule has 0 unspecified atom stereocenters. The summed E-state index contributed by atoms with van der Waals surface area (Å²) >= 11 is 4.81. The van der Waals surface area contributed by atoms with Gasteiger partial charge in [0.1, 0.15) is 0 Å². The molecule has 0 radical (unpaired) electrons. The quantitative estimate of drug-likeness (QED) is 0.693. The highest BCUT2D eigenvalue weighted by Gasteiger charge is 2.24. The largest absolute Gasteiger partial charge is 0.392 e. The normalized spacial score (nSPS) is 17.3. The molecule has 0 saturated heterocycles. The highest BCUT2D eigenvalue weighted by atomic mass is 32.1. The fourth-order valence-electron chi connectivity index (χ4n) is 1.88. The average Bonchev–Trinajstić information content (AvgIpc) is 2.50. The number of hydrogen-bond donors (Lipinski definition) is 1. The minimum absolute atomic E-state index is 0.0831. The summed E-state index contributed by atoms with van der Waals surface area (Å²) in [7, 11) is 0. The Labute approximate surface area is 84.3 Å². The molecular formula is C9H16N2OS. The van der Waals surface area contributed by atoms with Crippen molar-refractivity contribution in [2.45, 2.75) is 38.6 Å². The van der Waals surface area contributed by atoms with Crippen molar-refractivity contribution in [3.05, 3.63) is 0 Å². The summed E-state index contributed by atoms with van der Waals surface area (Å²) in [4.78, 5) is 13.5. The van der Waals surface area contributed by atoms with Gasteiger partial charge in [-0.1, -0.05) is 25.1 Å². The molecule has 13 heavy (non-hydrogen) atoms. The number of thiocarbonyl (C=S) groups is 1. The van der Waals surface area contributed by atoms with E-state index >= 15 is 0 Å². The predicted molar refractivity (Wildman–Crippen MR) is 56.4 cm³/mol. The van der Waals surface area contributed by atoms with E-state index in [1.807, 2.05) is 0 Å². The second-order valence-corrected chi connectivity index (χ2v) is 4.08. The van der Waals surface area contributed by atoms with Crippen molar-refractivity contribution in [2.75, 3.05) is 6.54 Å². The molecule has 1 saturated carbocycles. The van der Waals surface area contributed by atoms with Gasteiger partial charge in [0.05, 0.1) is 11.5 Å². The molecule has 1 aliphatic carbocycles. The zero-order valence-corrected chi connectivity index (χ0v) is 8.77. The molecular weight excluding hydrogens is 184 g/mol. The van der Waals surface area contributed by atoms with Gasteiger partial charge in [0, 0.05) is 13.0 Å². The smallest absolute Gasteiger partial charge is 0.220 e. The van der Waals surface area contributed by atoms with E-state index < -0.39 is 0 Å². The molecule has 0 aliphatic heterocycles. The molecule has 3 nitrogen and oxygen atoms in total. The van der Waals surface area contributed by atoms with Crippen molar-refractivity contribution >= 4 is 23.1 Å². The minimum atomic E-state index is 0.0831. The Morgan fingerprint density at radius 3 is 2.46 bits per heavy atom. The van der Waals surface area contributed by atoms with Crippen LogP contribution in [-0.4, -0.2) is 28.4 Å². The first-order valence-electron chi connectivity index (χ1n) is 4.67. The highest BCUT2D eigenvalue weighted by Crippen LogP contribution is 2.23. The second-order valence-electron chi connectivity index (χ2n) is 3.55. The standard InChI is InChI=1S/C9H16N2OS/c1-7(12)11(6-9(10)13)8-4-2-3-5-8/h8H,2-6H2,1H3,(H2,10,13). The Bertz CT molecular complexity index is 212. The lowest BCUT2D eigenvalue weighted by atomic mass is 10.2. The number of carbonyl (C=O) groups excluding carboxylic acids is 1. The van der Waals surface area contributed by atoms with Gasteiger partial charge in [0.2, 0.25) is 5.91 Å². The Balaban J connectivity index is 2.55. The van der Waals surface area contributed by atoms with Gasteiger partial charge in [-0.15, -0.1) is 0 Å². The van der Waals surface area contributed by atoms with Crippen molar-refractivity contribution in [2.24, 2.45) is 5.73 Å².